The fourth-order valence-electron chi connectivity index (χ4n) is 3.51. The van der Waals surface area contributed by atoms with E-state index < -0.39 is 0 Å². The molecule has 2 saturated heterocycles. The highest BCUT2D eigenvalue weighted by Crippen LogP contribution is 2.22. The molecule has 0 spiro atoms. The van der Waals surface area contributed by atoms with E-state index in [0.717, 1.165) is 37.9 Å². The molecule has 2 aliphatic heterocycles. The number of nitrogens with one attached hydrogen (secondary N) is 1. The summed E-state index contributed by atoms with van der Waals surface area (Å²) in [5.41, 5.74) is 0. The van der Waals surface area contributed by atoms with Crippen LogP contribution in [0.1, 0.15) is 52.9 Å². The van der Waals surface area contributed by atoms with Crippen molar-refractivity contribution in [3.8, 4) is 0 Å². The standard InChI is InChI=1S/C18H35N3O/c1-15(2)4-9-19-18(22)21-12-7-17(8-13-21)14-20-10-5-16(3)6-11-20/h15-17H,4-14H2,1-3H3,(H,19,22). The van der Waals surface area contributed by atoms with E-state index >= 15 is 0 Å². The molecule has 0 aliphatic carbocycles. The molecule has 0 aromatic carbocycles. The zero-order chi connectivity index (χ0) is 15.9. The minimum atomic E-state index is 0.144. The van der Waals surface area contributed by atoms with Crippen LogP contribution in [0.25, 0.3) is 0 Å². The van der Waals surface area contributed by atoms with E-state index in [1.807, 2.05) is 4.90 Å². The van der Waals surface area contributed by atoms with Crippen molar-refractivity contribution < 1.29 is 4.79 Å². The van der Waals surface area contributed by atoms with Crippen LogP contribution in [-0.4, -0.2) is 55.1 Å². The Morgan fingerprint density at radius 2 is 1.73 bits per heavy atom. The van der Waals surface area contributed by atoms with Gasteiger partial charge in [-0.25, -0.2) is 4.79 Å². The number of carbonyl (C=O) groups excluding carboxylic acids is 1. The van der Waals surface area contributed by atoms with Crippen LogP contribution in [-0.2, 0) is 0 Å². The van der Waals surface area contributed by atoms with Gasteiger partial charge in [-0.3, -0.25) is 0 Å². The molecule has 1 N–H and O–H groups in total. The van der Waals surface area contributed by atoms with Gasteiger partial charge in [-0.05, 0) is 62.9 Å². The largest absolute Gasteiger partial charge is 0.338 e. The smallest absolute Gasteiger partial charge is 0.317 e. The highest BCUT2D eigenvalue weighted by atomic mass is 16.2. The number of amides is 2. The molecule has 0 unspecified atom stereocenters. The molecular weight excluding hydrogens is 274 g/mol. The van der Waals surface area contributed by atoms with Crippen molar-refractivity contribution in [3.05, 3.63) is 0 Å². The number of rotatable bonds is 5. The van der Waals surface area contributed by atoms with Crippen LogP contribution in [0.5, 0.6) is 0 Å². The molecule has 2 amide bonds. The minimum absolute atomic E-state index is 0.144. The number of piperidine rings is 2. The summed E-state index contributed by atoms with van der Waals surface area (Å²) in [6, 6.07) is 0.144. The Morgan fingerprint density at radius 3 is 2.32 bits per heavy atom. The van der Waals surface area contributed by atoms with Gasteiger partial charge >= 0.3 is 6.03 Å². The third-order valence-corrected chi connectivity index (χ3v) is 5.29. The van der Waals surface area contributed by atoms with Crippen LogP contribution in [0.3, 0.4) is 0 Å². The van der Waals surface area contributed by atoms with Gasteiger partial charge in [0.1, 0.15) is 0 Å². The van der Waals surface area contributed by atoms with Crippen LogP contribution >= 0.6 is 0 Å². The van der Waals surface area contributed by atoms with E-state index in [2.05, 4.69) is 31.0 Å². The molecule has 0 atom stereocenters. The van der Waals surface area contributed by atoms with Crippen LogP contribution in [0.2, 0.25) is 0 Å². The molecule has 128 valence electrons. The Kier molecular flexibility index (Phi) is 7.00. The molecule has 2 heterocycles. The van der Waals surface area contributed by atoms with E-state index in [1.165, 1.54) is 45.3 Å². The van der Waals surface area contributed by atoms with Crippen LogP contribution in [0, 0.1) is 17.8 Å². The highest BCUT2D eigenvalue weighted by Gasteiger charge is 2.25. The highest BCUT2D eigenvalue weighted by molar-refractivity contribution is 5.74. The van der Waals surface area contributed by atoms with Gasteiger partial charge in [0.05, 0.1) is 0 Å². The molecule has 0 aromatic rings. The van der Waals surface area contributed by atoms with Crippen molar-refractivity contribution in [2.75, 3.05) is 39.3 Å². The Hall–Kier alpha value is -0.770. The van der Waals surface area contributed by atoms with E-state index in [1.54, 1.807) is 0 Å². The molecule has 0 radical (unpaired) electrons. The third-order valence-electron chi connectivity index (χ3n) is 5.29. The first-order valence-electron chi connectivity index (χ1n) is 9.29. The minimum Gasteiger partial charge on any atom is -0.338 e. The molecule has 4 heteroatoms. The monoisotopic (exact) mass is 309 g/mol. The van der Waals surface area contributed by atoms with Crippen molar-refractivity contribution in [2.45, 2.75) is 52.9 Å². The number of hydrogen-bond acceptors (Lipinski definition) is 2. The van der Waals surface area contributed by atoms with Crippen molar-refractivity contribution in [2.24, 2.45) is 17.8 Å². The third kappa shape index (κ3) is 5.79. The van der Waals surface area contributed by atoms with Gasteiger partial charge in [-0.2, -0.15) is 0 Å². The Morgan fingerprint density at radius 1 is 1.09 bits per heavy atom. The number of nitrogens with zero attached hydrogens (tertiary/aromatic N) is 2. The fraction of sp³-hybridized carbons (Fsp3) is 0.944. The molecular formula is C18H35N3O. The predicted octanol–water partition coefficient (Wildman–Crippen LogP) is 3.19. The van der Waals surface area contributed by atoms with Gasteiger partial charge in [-0.15, -0.1) is 0 Å². The van der Waals surface area contributed by atoms with Crippen molar-refractivity contribution in [3.63, 3.8) is 0 Å². The molecule has 2 fully saturated rings. The summed E-state index contributed by atoms with van der Waals surface area (Å²) >= 11 is 0. The Labute approximate surface area is 136 Å². The van der Waals surface area contributed by atoms with Crippen LogP contribution in [0.15, 0.2) is 0 Å². The fourth-order valence-corrected chi connectivity index (χ4v) is 3.51. The second-order valence-corrected chi connectivity index (χ2v) is 7.83. The average Bonchev–Trinajstić information content (AvgIpc) is 2.50. The zero-order valence-corrected chi connectivity index (χ0v) is 14.8. The lowest BCUT2D eigenvalue weighted by molar-refractivity contribution is 0.126. The normalized spacial score (nSPS) is 22.3. The molecule has 22 heavy (non-hydrogen) atoms. The Bertz CT molecular complexity index is 329. The summed E-state index contributed by atoms with van der Waals surface area (Å²) in [6.07, 6.45) is 6.12. The SMILES string of the molecule is CC(C)CCNC(=O)N1CCC(CN2CCC(C)CC2)CC1. The molecule has 2 rings (SSSR count). The first-order chi connectivity index (χ1) is 10.5. The molecule has 4 nitrogen and oxygen atoms in total. The second-order valence-electron chi connectivity index (χ2n) is 7.83. The van der Waals surface area contributed by atoms with E-state index in [-0.39, 0.29) is 6.03 Å². The Balaban J connectivity index is 1.62. The van der Waals surface area contributed by atoms with Crippen LogP contribution < -0.4 is 5.32 Å². The molecule has 0 bridgehead atoms. The summed E-state index contributed by atoms with van der Waals surface area (Å²) in [4.78, 5) is 16.8. The molecule has 0 saturated carbocycles. The van der Waals surface area contributed by atoms with Crippen molar-refractivity contribution in [1.29, 1.82) is 0 Å². The lowest BCUT2D eigenvalue weighted by Crippen LogP contribution is -2.46. The predicted molar refractivity (Wildman–Crippen MR) is 92.0 cm³/mol. The summed E-state index contributed by atoms with van der Waals surface area (Å²) in [7, 11) is 0. The van der Waals surface area contributed by atoms with Crippen LogP contribution in [0.4, 0.5) is 4.79 Å². The summed E-state index contributed by atoms with van der Waals surface area (Å²) in [5, 5.41) is 3.06. The first kappa shape index (κ1) is 17.6. The first-order valence-corrected chi connectivity index (χ1v) is 9.29. The average molecular weight is 309 g/mol. The van der Waals surface area contributed by atoms with E-state index in [9.17, 15) is 4.79 Å². The summed E-state index contributed by atoms with van der Waals surface area (Å²) in [6.45, 7) is 13.2. The van der Waals surface area contributed by atoms with Gasteiger partial charge in [0.25, 0.3) is 0 Å². The van der Waals surface area contributed by atoms with Gasteiger partial charge < -0.3 is 15.1 Å². The maximum Gasteiger partial charge on any atom is 0.317 e. The lowest BCUT2D eigenvalue weighted by Gasteiger charge is -2.37. The van der Waals surface area contributed by atoms with Gasteiger partial charge in [0, 0.05) is 26.2 Å². The maximum absolute atomic E-state index is 12.1. The van der Waals surface area contributed by atoms with E-state index in [4.69, 9.17) is 0 Å². The zero-order valence-electron chi connectivity index (χ0n) is 14.8. The number of carbonyl (C=O) groups is 1. The molecule has 2 aliphatic rings. The van der Waals surface area contributed by atoms with Gasteiger partial charge in [-0.1, -0.05) is 20.8 Å². The van der Waals surface area contributed by atoms with E-state index in [0.29, 0.717) is 5.92 Å². The summed E-state index contributed by atoms with van der Waals surface area (Å²) in [5.74, 6) is 2.35. The number of likely N-dealkylation sites (tertiary alicyclic amines) is 2. The number of urea groups is 1. The number of hydrogen-bond donors (Lipinski definition) is 1. The van der Waals surface area contributed by atoms with Crippen molar-refractivity contribution >= 4 is 6.03 Å². The maximum atomic E-state index is 12.1. The van der Waals surface area contributed by atoms with Gasteiger partial charge in [0.2, 0.25) is 0 Å². The summed E-state index contributed by atoms with van der Waals surface area (Å²) < 4.78 is 0. The second kappa shape index (κ2) is 8.76. The quantitative estimate of drug-likeness (QED) is 0.846. The lowest BCUT2D eigenvalue weighted by atomic mass is 9.93. The van der Waals surface area contributed by atoms with Gasteiger partial charge in [0.15, 0.2) is 0 Å². The molecule has 0 aromatic heterocycles. The topological polar surface area (TPSA) is 35.6 Å². The van der Waals surface area contributed by atoms with Crippen molar-refractivity contribution in [1.82, 2.24) is 15.1 Å².